The highest BCUT2D eigenvalue weighted by atomic mass is 16.5. The fourth-order valence-corrected chi connectivity index (χ4v) is 1.96. The summed E-state index contributed by atoms with van der Waals surface area (Å²) in [4.78, 5) is 11.7. The Balaban J connectivity index is 2.72. The van der Waals surface area contributed by atoms with Gasteiger partial charge >= 0.3 is 5.97 Å². The molecule has 1 aliphatic carbocycles. The van der Waals surface area contributed by atoms with Crippen LogP contribution in [0.4, 0.5) is 0 Å². The zero-order valence-corrected chi connectivity index (χ0v) is 12.1. The van der Waals surface area contributed by atoms with Crippen molar-refractivity contribution >= 4 is 5.97 Å². The Kier molecular flexibility index (Phi) is 5.17. The summed E-state index contributed by atoms with van der Waals surface area (Å²) in [6.45, 7) is 9.09. The molecule has 106 valence electrons. The Morgan fingerprint density at radius 3 is 2.39 bits per heavy atom. The molecular weight excluding hydrogens is 230 g/mol. The summed E-state index contributed by atoms with van der Waals surface area (Å²) in [7, 11) is 0. The molecule has 0 aromatic rings. The lowest BCUT2D eigenvalue weighted by Gasteiger charge is -2.34. The van der Waals surface area contributed by atoms with Crippen molar-refractivity contribution in [3.8, 4) is 0 Å². The van der Waals surface area contributed by atoms with E-state index in [1.54, 1.807) is 0 Å². The molecule has 1 fully saturated rings. The first-order valence-electron chi connectivity index (χ1n) is 7.00. The summed E-state index contributed by atoms with van der Waals surface area (Å²) in [6.07, 6.45) is 3.78. The fourth-order valence-electron chi connectivity index (χ4n) is 1.96. The molecule has 0 radical (unpaired) electrons. The van der Waals surface area contributed by atoms with Crippen LogP contribution in [0.1, 0.15) is 53.4 Å². The van der Waals surface area contributed by atoms with Crippen molar-refractivity contribution in [1.82, 2.24) is 5.32 Å². The maximum atomic E-state index is 11.7. The van der Waals surface area contributed by atoms with Crippen LogP contribution in [0.15, 0.2) is 0 Å². The number of nitrogens with one attached hydrogen (secondary N) is 1. The summed E-state index contributed by atoms with van der Waals surface area (Å²) in [5.74, 6) is -0.556. The van der Waals surface area contributed by atoms with Crippen LogP contribution < -0.4 is 5.32 Å². The first-order chi connectivity index (χ1) is 8.38. The molecule has 2 N–H and O–H groups in total. The van der Waals surface area contributed by atoms with Crippen molar-refractivity contribution in [2.75, 3.05) is 13.2 Å². The molecule has 0 amide bonds. The van der Waals surface area contributed by atoms with E-state index >= 15 is 0 Å². The largest absolute Gasteiger partial charge is 0.480 e. The predicted molar refractivity (Wildman–Crippen MR) is 71.7 cm³/mol. The predicted octanol–water partition coefficient (Wildman–Crippen LogP) is 2.42. The van der Waals surface area contributed by atoms with Gasteiger partial charge in [0, 0.05) is 0 Å². The molecule has 4 nitrogen and oxygen atoms in total. The summed E-state index contributed by atoms with van der Waals surface area (Å²) >= 11 is 0. The van der Waals surface area contributed by atoms with Crippen LogP contribution in [0.3, 0.4) is 0 Å². The maximum Gasteiger partial charge on any atom is 0.326 e. The molecule has 1 unspecified atom stereocenters. The molecule has 1 saturated carbocycles. The number of carboxylic acids is 1. The van der Waals surface area contributed by atoms with Crippen LogP contribution in [-0.2, 0) is 9.53 Å². The van der Waals surface area contributed by atoms with Gasteiger partial charge in [-0.15, -0.1) is 0 Å². The average Bonchev–Trinajstić information content (AvgIpc) is 3.14. The van der Waals surface area contributed by atoms with Gasteiger partial charge in [-0.05, 0) is 52.0 Å². The second-order valence-electron chi connectivity index (χ2n) is 5.88. The minimum Gasteiger partial charge on any atom is -0.480 e. The van der Waals surface area contributed by atoms with E-state index in [4.69, 9.17) is 4.74 Å². The van der Waals surface area contributed by atoms with Crippen molar-refractivity contribution in [3.63, 3.8) is 0 Å². The number of hydrogen-bond acceptors (Lipinski definition) is 3. The van der Waals surface area contributed by atoms with Crippen LogP contribution >= 0.6 is 0 Å². The molecule has 0 saturated heterocycles. The highest BCUT2D eigenvalue weighted by Gasteiger charge is 2.51. The summed E-state index contributed by atoms with van der Waals surface area (Å²) < 4.78 is 5.86. The van der Waals surface area contributed by atoms with Gasteiger partial charge < -0.3 is 9.84 Å². The molecule has 0 spiro atoms. The van der Waals surface area contributed by atoms with Crippen molar-refractivity contribution in [2.24, 2.45) is 5.92 Å². The van der Waals surface area contributed by atoms with Crippen LogP contribution in [0.2, 0.25) is 0 Å². The molecular formula is C14H27NO3. The van der Waals surface area contributed by atoms with Gasteiger partial charge in [0.15, 0.2) is 0 Å². The van der Waals surface area contributed by atoms with E-state index in [-0.39, 0.29) is 18.1 Å². The normalized spacial score (nSPS) is 19.6. The number of rotatable bonds is 9. The Labute approximate surface area is 110 Å². The number of aliphatic carboxylic acids is 1. The van der Waals surface area contributed by atoms with Gasteiger partial charge in [0.1, 0.15) is 5.54 Å². The lowest BCUT2D eigenvalue weighted by atomic mass is 9.93. The SMILES string of the molecule is CCCNC(COC(C)(C)CC)(C(=O)O)C1CC1. The van der Waals surface area contributed by atoms with Crippen LogP contribution in [0.5, 0.6) is 0 Å². The average molecular weight is 257 g/mol. The van der Waals surface area contributed by atoms with Crippen molar-refractivity contribution in [2.45, 2.75) is 64.5 Å². The van der Waals surface area contributed by atoms with E-state index in [0.29, 0.717) is 0 Å². The quantitative estimate of drug-likeness (QED) is 0.666. The van der Waals surface area contributed by atoms with Gasteiger partial charge in [0.05, 0.1) is 12.2 Å². The number of carbonyl (C=O) groups is 1. The van der Waals surface area contributed by atoms with Crippen LogP contribution in [0, 0.1) is 5.92 Å². The zero-order chi connectivity index (χ0) is 13.8. The molecule has 1 atom stereocenters. The van der Waals surface area contributed by atoms with Gasteiger partial charge in [-0.25, -0.2) is 0 Å². The van der Waals surface area contributed by atoms with E-state index in [2.05, 4.69) is 12.2 Å². The summed E-state index contributed by atoms with van der Waals surface area (Å²) in [5, 5.41) is 12.8. The van der Waals surface area contributed by atoms with E-state index in [1.807, 2.05) is 20.8 Å². The lowest BCUT2D eigenvalue weighted by Crippen LogP contribution is -2.58. The summed E-state index contributed by atoms with van der Waals surface area (Å²) in [5.41, 5.74) is -1.15. The van der Waals surface area contributed by atoms with Gasteiger partial charge in [-0.1, -0.05) is 13.8 Å². The minimum absolute atomic E-state index is 0.217. The zero-order valence-electron chi connectivity index (χ0n) is 12.1. The third-order valence-electron chi connectivity index (χ3n) is 3.89. The molecule has 0 aromatic carbocycles. The van der Waals surface area contributed by atoms with Gasteiger partial charge in [-0.2, -0.15) is 0 Å². The van der Waals surface area contributed by atoms with Crippen molar-refractivity contribution < 1.29 is 14.6 Å². The standard InChI is InChI=1S/C14H27NO3/c1-5-9-15-14(12(16)17,11-7-8-11)10-18-13(3,4)6-2/h11,15H,5-10H2,1-4H3,(H,16,17). The Morgan fingerprint density at radius 2 is 2.00 bits per heavy atom. The second kappa shape index (κ2) is 6.02. The molecule has 18 heavy (non-hydrogen) atoms. The van der Waals surface area contributed by atoms with Gasteiger partial charge in [-0.3, -0.25) is 10.1 Å². The minimum atomic E-state index is -0.886. The molecule has 0 aromatic heterocycles. The molecule has 0 heterocycles. The molecule has 0 bridgehead atoms. The fraction of sp³-hybridized carbons (Fsp3) is 0.929. The molecule has 0 aliphatic heterocycles. The smallest absolute Gasteiger partial charge is 0.326 e. The first-order valence-corrected chi connectivity index (χ1v) is 7.00. The van der Waals surface area contributed by atoms with Crippen LogP contribution in [-0.4, -0.2) is 35.4 Å². The third kappa shape index (κ3) is 3.69. The Bertz CT molecular complexity index is 287. The Morgan fingerprint density at radius 1 is 1.39 bits per heavy atom. The summed E-state index contributed by atoms with van der Waals surface area (Å²) in [6, 6.07) is 0. The van der Waals surface area contributed by atoms with Crippen molar-refractivity contribution in [1.29, 1.82) is 0 Å². The van der Waals surface area contributed by atoms with E-state index in [9.17, 15) is 9.90 Å². The lowest BCUT2D eigenvalue weighted by molar-refractivity contribution is -0.153. The van der Waals surface area contributed by atoms with Crippen LogP contribution in [0.25, 0.3) is 0 Å². The first kappa shape index (κ1) is 15.4. The van der Waals surface area contributed by atoms with Crippen molar-refractivity contribution in [3.05, 3.63) is 0 Å². The highest BCUT2D eigenvalue weighted by molar-refractivity contribution is 5.80. The van der Waals surface area contributed by atoms with E-state index in [0.717, 1.165) is 32.2 Å². The Hall–Kier alpha value is -0.610. The molecule has 1 aliphatic rings. The third-order valence-corrected chi connectivity index (χ3v) is 3.89. The van der Waals surface area contributed by atoms with E-state index in [1.165, 1.54) is 0 Å². The van der Waals surface area contributed by atoms with E-state index < -0.39 is 11.5 Å². The number of carboxylic acid groups (broad SMARTS) is 1. The highest BCUT2D eigenvalue weighted by Crippen LogP contribution is 2.41. The van der Waals surface area contributed by atoms with Gasteiger partial charge in [0.25, 0.3) is 0 Å². The molecule has 1 rings (SSSR count). The maximum absolute atomic E-state index is 11.7. The topological polar surface area (TPSA) is 58.6 Å². The number of ether oxygens (including phenoxy) is 1. The molecule has 4 heteroatoms. The van der Waals surface area contributed by atoms with Gasteiger partial charge in [0.2, 0.25) is 0 Å². The monoisotopic (exact) mass is 257 g/mol. The number of hydrogen-bond donors (Lipinski definition) is 2. The second-order valence-corrected chi connectivity index (χ2v) is 5.88.